The van der Waals surface area contributed by atoms with Crippen LogP contribution in [0.1, 0.15) is 18.2 Å². The number of benzene rings is 1. The standard InChI is InChI=1S/C15H16F2N4O4S/c1-2-25-15(22)21-14(18)12-8-20(4-3-13(12)19-21)26(23,24)11-6-9(16)5-10(17)7-11/h5-7H,2-4,8,18H2,1H3. The third-order valence-electron chi connectivity index (χ3n) is 3.95. The Balaban J connectivity index is 1.94. The van der Waals surface area contributed by atoms with Crippen LogP contribution in [0.15, 0.2) is 23.1 Å². The number of fused-ring (bicyclic) bond motifs is 1. The van der Waals surface area contributed by atoms with Crippen molar-refractivity contribution >= 4 is 21.9 Å². The van der Waals surface area contributed by atoms with E-state index >= 15 is 0 Å². The number of nitrogen functional groups attached to an aromatic ring is 1. The maximum absolute atomic E-state index is 13.4. The van der Waals surface area contributed by atoms with Crippen LogP contribution in [0.2, 0.25) is 0 Å². The second-order valence-corrected chi connectivity index (χ2v) is 7.55. The molecular formula is C15H16F2N4O4S. The zero-order valence-electron chi connectivity index (χ0n) is 13.8. The van der Waals surface area contributed by atoms with Crippen molar-refractivity contribution in [3.63, 3.8) is 0 Å². The first-order chi connectivity index (χ1) is 12.2. The van der Waals surface area contributed by atoms with Crippen LogP contribution in [0.4, 0.5) is 19.4 Å². The Hall–Kier alpha value is -2.53. The second kappa shape index (κ2) is 6.65. The molecule has 0 unspecified atom stereocenters. The van der Waals surface area contributed by atoms with Gasteiger partial charge in [0.15, 0.2) is 0 Å². The first kappa shape index (κ1) is 18.3. The molecule has 1 aliphatic heterocycles. The third kappa shape index (κ3) is 3.15. The third-order valence-corrected chi connectivity index (χ3v) is 5.78. The van der Waals surface area contributed by atoms with Gasteiger partial charge < -0.3 is 10.5 Å². The minimum Gasteiger partial charge on any atom is -0.448 e. The van der Waals surface area contributed by atoms with Gasteiger partial charge in [0.1, 0.15) is 17.5 Å². The molecule has 0 aliphatic carbocycles. The van der Waals surface area contributed by atoms with Crippen molar-refractivity contribution in [3.8, 4) is 0 Å². The van der Waals surface area contributed by atoms with Crippen LogP contribution in [0.5, 0.6) is 0 Å². The van der Waals surface area contributed by atoms with Gasteiger partial charge in [0.05, 0.1) is 17.2 Å². The van der Waals surface area contributed by atoms with Gasteiger partial charge in [-0.1, -0.05) is 0 Å². The molecule has 0 fully saturated rings. The zero-order valence-corrected chi connectivity index (χ0v) is 14.6. The number of sulfonamides is 1. The largest absolute Gasteiger partial charge is 0.448 e. The minimum absolute atomic E-state index is 0.0243. The number of hydrogen-bond donors (Lipinski definition) is 1. The maximum atomic E-state index is 13.4. The SMILES string of the molecule is CCOC(=O)n1nc2c(c1N)CN(S(=O)(=O)c1cc(F)cc(F)c1)CC2. The Kier molecular flexibility index (Phi) is 4.67. The topological polar surface area (TPSA) is 108 Å². The van der Waals surface area contributed by atoms with Crippen LogP contribution in [-0.4, -0.2) is 41.7 Å². The number of nitrogens with two attached hydrogens (primary N) is 1. The fraction of sp³-hybridized carbons (Fsp3) is 0.333. The molecule has 26 heavy (non-hydrogen) atoms. The highest BCUT2D eigenvalue weighted by atomic mass is 32.2. The van der Waals surface area contributed by atoms with Crippen molar-refractivity contribution in [2.45, 2.75) is 24.8 Å². The van der Waals surface area contributed by atoms with Crippen molar-refractivity contribution in [1.29, 1.82) is 0 Å². The number of carbonyl (C=O) groups excluding carboxylic acids is 1. The van der Waals surface area contributed by atoms with E-state index in [4.69, 9.17) is 10.5 Å². The summed E-state index contributed by atoms with van der Waals surface area (Å²) in [4.78, 5) is 11.4. The van der Waals surface area contributed by atoms with Gasteiger partial charge in [0.2, 0.25) is 10.0 Å². The summed E-state index contributed by atoms with van der Waals surface area (Å²) in [5.41, 5.74) is 6.75. The lowest BCUT2D eigenvalue weighted by atomic mass is 10.1. The molecule has 0 saturated heterocycles. The molecule has 1 aromatic carbocycles. The number of aromatic nitrogens is 2. The maximum Gasteiger partial charge on any atom is 0.436 e. The van der Waals surface area contributed by atoms with Crippen molar-refractivity contribution < 1.29 is 26.7 Å². The molecule has 2 heterocycles. The quantitative estimate of drug-likeness (QED) is 0.856. The van der Waals surface area contributed by atoms with Gasteiger partial charge in [-0.3, -0.25) is 0 Å². The van der Waals surface area contributed by atoms with Crippen molar-refractivity contribution in [1.82, 2.24) is 14.1 Å². The van der Waals surface area contributed by atoms with Crippen LogP contribution >= 0.6 is 0 Å². The molecule has 0 amide bonds. The van der Waals surface area contributed by atoms with E-state index in [1.807, 2.05) is 0 Å². The molecule has 0 atom stereocenters. The Morgan fingerprint density at radius 3 is 2.58 bits per heavy atom. The first-order valence-electron chi connectivity index (χ1n) is 7.73. The van der Waals surface area contributed by atoms with Crippen molar-refractivity contribution in [3.05, 3.63) is 41.1 Å². The van der Waals surface area contributed by atoms with E-state index in [2.05, 4.69) is 5.10 Å². The summed E-state index contributed by atoms with van der Waals surface area (Å²) < 4.78 is 58.9. The molecule has 0 spiro atoms. The Morgan fingerprint density at radius 2 is 1.96 bits per heavy atom. The van der Waals surface area contributed by atoms with E-state index in [0.29, 0.717) is 17.3 Å². The van der Waals surface area contributed by atoms with Gasteiger partial charge in [-0.05, 0) is 19.1 Å². The van der Waals surface area contributed by atoms with E-state index < -0.39 is 32.6 Å². The monoisotopic (exact) mass is 386 g/mol. The van der Waals surface area contributed by atoms with Gasteiger partial charge in [-0.2, -0.15) is 9.40 Å². The summed E-state index contributed by atoms with van der Waals surface area (Å²) in [5, 5.41) is 4.06. The fourth-order valence-electron chi connectivity index (χ4n) is 2.73. The summed E-state index contributed by atoms with van der Waals surface area (Å²) in [7, 11) is -4.14. The second-order valence-electron chi connectivity index (χ2n) is 5.61. The predicted octanol–water partition coefficient (Wildman–Crippen LogP) is 1.50. The number of halogens is 2. The molecule has 1 aliphatic rings. The lowest BCUT2D eigenvalue weighted by molar-refractivity contribution is 0.151. The van der Waals surface area contributed by atoms with Gasteiger partial charge in [0, 0.05) is 31.1 Å². The smallest absolute Gasteiger partial charge is 0.436 e. The average molecular weight is 386 g/mol. The Bertz CT molecular complexity index is 954. The highest BCUT2D eigenvalue weighted by Gasteiger charge is 2.33. The first-order valence-corrected chi connectivity index (χ1v) is 9.17. The molecule has 140 valence electrons. The molecule has 8 nitrogen and oxygen atoms in total. The molecule has 2 aromatic rings. The summed E-state index contributed by atoms with van der Waals surface area (Å²) in [6.07, 6.45) is -0.566. The van der Waals surface area contributed by atoms with E-state index in [-0.39, 0.29) is 31.9 Å². The van der Waals surface area contributed by atoms with Crippen LogP contribution in [-0.2, 0) is 27.7 Å². The molecule has 0 saturated carbocycles. The molecular weight excluding hydrogens is 370 g/mol. The van der Waals surface area contributed by atoms with Crippen LogP contribution in [0.25, 0.3) is 0 Å². The van der Waals surface area contributed by atoms with Gasteiger partial charge >= 0.3 is 6.09 Å². The van der Waals surface area contributed by atoms with Crippen LogP contribution in [0.3, 0.4) is 0 Å². The summed E-state index contributed by atoms with van der Waals surface area (Å²) in [6.45, 7) is 1.63. The van der Waals surface area contributed by atoms with Gasteiger partial charge in [-0.25, -0.2) is 22.0 Å². The van der Waals surface area contributed by atoms with Crippen LogP contribution in [0, 0.1) is 11.6 Å². The molecule has 0 bridgehead atoms. The summed E-state index contributed by atoms with van der Waals surface area (Å²) >= 11 is 0. The molecule has 11 heteroatoms. The number of hydrogen-bond acceptors (Lipinski definition) is 6. The molecule has 2 N–H and O–H groups in total. The van der Waals surface area contributed by atoms with E-state index in [9.17, 15) is 22.0 Å². The minimum atomic E-state index is -4.14. The van der Waals surface area contributed by atoms with E-state index in [1.54, 1.807) is 6.92 Å². The van der Waals surface area contributed by atoms with E-state index in [0.717, 1.165) is 21.1 Å². The number of ether oxygens (including phenoxy) is 1. The highest BCUT2D eigenvalue weighted by molar-refractivity contribution is 7.89. The number of rotatable bonds is 3. The number of anilines is 1. The summed E-state index contributed by atoms with van der Waals surface area (Å²) in [6, 6.07) is 2.09. The fourth-order valence-corrected chi connectivity index (χ4v) is 4.18. The van der Waals surface area contributed by atoms with E-state index in [1.165, 1.54) is 0 Å². The average Bonchev–Trinajstić information content (AvgIpc) is 2.91. The predicted molar refractivity (Wildman–Crippen MR) is 86.7 cm³/mol. The Morgan fingerprint density at radius 1 is 1.31 bits per heavy atom. The van der Waals surface area contributed by atoms with Crippen molar-refractivity contribution in [2.75, 3.05) is 18.9 Å². The zero-order chi connectivity index (χ0) is 19.1. The highest BCUT2D eigenvalue weighted by Crippen LogP contribution is 2.28. The normalized spacial score (nSPS) is 14.9. The molecule has 1 aromatic heterocycles. The van der Waals surface area contributed by atoms with Crippen LogP contribution < -0.4 is 5.73 Å². The van der Waals surface area contributed by atoms with Crippen molar-refractivity contribution in [2.24, 2.45) is 0 Å². The number of nitrogens with zero attached hydrogens (tertiary/aromatic N) is 3. The number of carbonyl (C=O) groups is 1. The van der Waals surface area contributed by atoms with Gasteiger partial charge in [-0.15, -0.1) is 4.68 Å². The Labute approximate surface area is 148 Å². The lowest BCUT2D eigenvalue weighted by Gasteiger charge is -2.25. The lowest BCUT2D eigenvalue weighted by Crippen LogP contribution is -2.36. The summed E-state index contributed by atoms with van der Waals surface area (Å²) in [5.74, 6) is -2.00. The molecule has 3 rings (SSSR count). The van der Waals surface area contributed by atoms with Gasteiger partial charge in [0.25, 0.3) is 0 Å². The molecule has 0 radical (unpaired) electrons.